The van der Waals surface area contributed by atoms with Crippen molar-refractivity contribution in [2.75, 3.05) is 20.2 Å². The summed E-state index contributed by atoms with van der Waals surface area (Å²) in [5, 5.41) is 12.3. The molecule has 1 amide bonds. The van der Waals surface area contributed by atoms with Gasteiger partial charge in [0, 0.05) is 29.6 Å². The van der Waals surface area contributed by atoms with Crippen molar-refractivity contribution in [3.05, 3.63) is 58.1 Å². The van der Waals surface area contributed by atoms with Crippen LogP contribution in [0.5, 0.6) is 0 Å². The van der Waals surface area contributed by atoms with Gasteiger partial charge in [-0.15, -0.1) is 10.2 Å². The number of carbonyl (C=O) groups excluding carboxylic acids is 2. The molecule has 0 saturated carbocycles. The van der Waals surface area contributed by atoms with Crippen LogP contribution in [-0.2, 0) is 4.74 Å². The number of thiophene rings is 1. The topological polar surface area (TPSA) is 85.5 Å². The molecule has 4 rings (SSSR count). The van der Waals surface area contributed by atoms with Crippen molar-refractivity contribution in [2.45, 2.75) is 18.8 Å². The predicted molar refractivity (Wildman–Crippen MR) is 103 cm³/mol. The fraction of sp³-hybridized carbons (Fsp3) is 0.300. The number of esters is 1. The van der Waals surface area contributed by atoms with Gasteiger partial charge < -0.3 is 14.1 Å². The van der Waals surface area contributed by atoms with Crippen LogP contribution >= 0.6 is 11.3 Å². The third kappa shape index (κ3) is 3.68. The Morgan fingerprint density at radius 2 is 1.96 bits per heavy atom. The summed E-state index contributed by atoms with van der Waals surface area (Å²) in [4.78, 5) is 26.2. The summed E-state index contributed by atoms with van der Waals surface area (Å²) in [6.45, 7) is 1.21. The van der Waals surface area contributed by atoms with Crippen LogP contribution in [0, 0.1) is 0 Å². The van der Waals surface area contributed by atoms with Crippen molar-refractivity contribution in [3.63, 3.8) is 0 Å². The summed E-state index contributed by atoms with van der Waals surface area (Å²) in [5.41, 5.74) is 1.87. The van der Waals surface area contributed by atoms with Crippen LogP contribution in [0.3, 0.4) is 0 Å². The maximum absolute atomic E-state index is 12.9. The summed E-state index contributed by atoms with van der Waals surface area (Å²) in [7, 11) is 1.33. The van der Waals surface area contributed by atoms with Crippen LogP contribution in [0.4, 0.5) is 0 Å². The van der Waals surface area contributed by atoms with E-state index in [0.717, 1.165) is 18.4 Å². The van der Waals surface area contributed by atoms with Crippen molar-refractivity contribution in [1.29, 1.82) is 0 Å². The molecule has 3 aromatic rings. The molecule has 2 aromatic heterocycles. The van der Waals surface area contributed by atoms with E-state index in [2.05, 4.69) is 14.9 Å². The minimum atomic E-state index is -0.421. The fourth-order valence-corrected chi connectivity index (χ4v) is 3.94. The Morgan fingerprint density at radius 3 is 2.68 bits per heavy atom. The molecule has 144 valence electrons. The van der Waals surface area contributed by atoms with E-state index in [1.54, 1.807) is 40.5 Å². The highest BCUT2D eigenvalue weighted by atomic mass is 32.1. The molecule has 8 heteroatoms. The molecule has 1 saturated heterocycles. The molecule has 1 atom stereocenters. The van der Waals surface area contributed by atoms with E-state index in [4.69, 9.17) is 4.42 Å². The van der Waals surface area contributed by atoms with Crippen LogP contribution < -0.4 is 0 Å². The number of benzene rings is 1. The van der Waals surface area contributed by atoms with Gasteiger partial charge in [-0.3, -0.25) is 4.79 Å². The third-order valence-corrected chi connectivity index (χ3v) is 5.50. The first-order chi connectivity index (χ1) is 13.7. The molecule has 1 aromatic carbocycles. The van der Waals surface area contributed by atoms with Gasteiger partial charge in [0.1, 0.15) is 0 Å². The molecule has 0 aliphatic carbocycles. The normalized spacial score (nSPS) is 16.8. The first kappa shape index (κ1) is 18.4. The number of methoxy groups -OCH3 is 1. The third-order valence-electron chi connectivity index (χ3n) is 4.82. The number of hydrogen-bond acceptors (Lipinski definition) is 7. The Labute approximate surface area is 165 Å². The molecule has 3 heterocycles. The number of carbonyl (C=O) groups is 2. The average molecular weight is 397 g/mol. The monoisotopic (exact) mass is 397 g/mol. The van der Waals surface area contributed by atoms with Crippen LogP contribution in [0.15, 0.2) is 45.5 Å². The smallest absolute Gasteiger partial charge is 0.337 e. The van der Waals surface area contributed by atoms with Gasteiger partial charge in [0.2, 0.25) is 11.8 Å². The summed E-state index contributed by atoms with van der Waals surface area (Å²) < 4.78 is 10.5. The number of rotatable bonds is 4. The summed E-state index contributed by atoms with van der Waals surface area (Å²) in [5.74, 6) is 0.610. The Morgan fingerprint density at radius 1 is 1.18 bits per heavy atom. The first-order valence-electron chi connectivity index (χ1n) is 8.99. The van der Waals surface area contributed by atoms with Gasteiger partial charge in [0.15, 0.2) is 0 Å². The number of hydrogen-bond donors (Lipinski definition) is 0. The Hall–Kier alpha value is -3.00. The maximum atomic E-state index is 12.9. The zero-order valence-corrected chi connectivity index (χ0v) is 16.1. The highest BCUT2D eigenvalue weighted by Crippen LogP contribution is 2.29. The van der Waals surface area contributed by atoms with Gasteiger partial charge in [-0.25, -0.2) is 4.79 Å². The number of nitrogens with zero attached hydrogens (tertiary/aromatic N) is 3. The van der Waals surface area contributed by atoms with Crippen molar-refractivity contribution >= 4 is 23.2 Å². The first-order valence-corrected chi connectivity index (χ1v) is 9.93. The van der Waals surface area contributed by atoms with Gasteiger partial charge in [0.05, 0.1) is 18.6 Å². The van der Waals surface area contributed by atoms with Crippen molar-refractivity contribution in [3.8, 4) is 11.5 Å². The van der Waals surface area contributed by atoms with E-state index in [0.29, 0.717) is 36.0 Å². The van der Waals surface area contributed by atoms with Crippen LogP contribution in [0.25, 0.3) is 11.5 Å². The Kier molecular flexibility index (Phi) is 5.21. The van der Waals surface area contributed by atoms with E-state index in [1.807, 2.05) is 16.8 Å². The van der Waals surface area contributed by atoms with Gasteiger partial charge in [-0.2, -0.15) is 11.3 Å². The molecule has 0 spiro atoms. The molecule has 0 N–H and O–H groups in total. The second-order valence-electron chi connectivity index (χ2n) is 6.62. The lowest BCUT2D eigenvalue weighted by atomic mass is 9.97. The standard InChI is InChI=1S/C20H19N3O4S/c1-26-20(25)14-6-4-13(5-7-14)19(24)23-9-2-3-15(11-23)17-21-22-18(27-17)16-8-10-28-12-16/h4-8,10,12,15H,2-3,9,11H2,1H3/t15-/m0/s1. The number of aromatic nitrogens is 2. The average Bonchev–Trinajstić information content (AvgIpc) is 3.44. The van der Waals surface area contributed by atoms with E-state index >= 15 is 0 Å². The van der Waals surface area contributed by atoms with Crippen molar-refractivity contribution in [2.24, 2.45) is 0 Å². The number of amides is 1. The fourth-order valence-electron chi connectivity index (χ4n) is 3.31. The van der Waals surface area contributed by atoms with E-state index in [1.165, 1.54) is 7.11 Å². The minimum Gasteiger partial charge on any atom is -0.465 e. The SMILES string of the molecule is COC(=O)c1ccc(C(=O)N2CCC[C@H](c3nnc(-c4ccsc4)o3)C2)cc1. The Bertz CT molecular complexity index is 966. The van der Waals surface area contributed by atoms with E-state index in [9.17, 15) is 9.59 Å². The maximum Gasteiger partial charge on any atom is 0.337 e. The zero-order chi connectivity index (χ0) is 19.5. The molecule has 1 fully saturated rings. The molecular formula is C20H19N3O4S. The van der Waals surface area contributed by atoms with Crippen LogP contribution in [0.1, 0.15) is 45.4 Å². The summed E-state index contributed by atoms with van der Waals surface area (Å²) >= 11 is 1.58. The highest BCUT2D eigenvalue weighted by Gasteiger charge is 2.29. The van der Waals surface area contributed by atoms with Crippen molar-refractivity contribution < 1.29 is 18.7 Å². The largest absolute Gasteiger partial charge is 0.465 e. The minimum absolute atomic E-state index is 0.0203. The lowest BCUT2D eigenvalue weighted by Gasteiger charge is -2.31. The van der Waals surface area contributed by atoms with Crippen molar-refractivity contribution in [1.82, 2.24) is 15.1 Å². The van der Waals surface area contributed by atoms with Gasteiger partial charge in [-0.1, -0.05) is 0 Å². The molecule has 7 nitrogen and oxygen atoms in total. The zero-order valence-electron chi connectivity index (χ0n) is 15.3. The Balaban J connectivity index is 1.46. The predicted octanol–water partition coefficient (Wildman–Crippen LogP) is 3.60. The molecule has 0 radical (unpaired) electrons. The van der Waals surface area contributed by atoms with Gasteiger partial charge >= 0.3 is 5.97 Å². The van der Waals surface area contributed by atoms with Crippen LogP contribution in [-0.4, -0.2) is 47.2 Å². The molecular weight excluding hydrogens is 378 g/mol. The molecule has 28 heavy (non-hydrogen) atoms. The van der Waals surface area contributed by atoms with Crippen LogP contribution in [0.2, 0.25) is 0 Å². The number of ether oxygens (including phenoxy) is 1. The van der Waals surface area contributed by atoms with E-state index < -0.39 is 5.97 Å². The molecule has 0 bridgehead atoms. The van der Waals surface area contributed by atoms with Gasteiger partial charge in [0.25, 0.3) is 5.91 Å². The molecule has 0 unspecified atom stereocenters. The number of likely N-dealkylation sites (tertiary alicyclic amines) is 1. The second-order valence-corrected chi connectivity index (χ2v) is 7.40. The van der Waals surface area contributed by atoms with E-state index in [-0.39, 0.29) is 11.8 Å². The number of piperidine rings is 1. The molecule has 1 aliphatic rings. The lowest BCUT2D eigenvalue weighted by Crippen LogP contribution is -2.39. The summed E-state index contributed by atoms with van der Waals surface area (Å²) in [6, 6.07) is 8.45. The van der Waals surface area contributed by atoms with Gasteiger partial charge in [-0.05, 0) is 48.6 Å². The highest BCUT2D eigenvalue weighted by molar-refractivity contribution is 7.08. The second kappa shape index (κ2) is 7.93. The quantitative estimate of drug-likeness (QED) is 0.625. The molecule has 1 aliphatic heterocycles. The summed E-state index contributed by atoms with van der Waals surface area (Å²) in [6.07, 6.45) is 1.77. The lowest BCUT2D eigenvalue weighted by molar-refractivity contribution is 0.0599.